The highest BCUT2D eigenvalue weighted by atomic mass is 35.5. The molecule has 1 aliphatic rings. The van der Waals surface area contributed by atoms with Crippen LogP contribution in [0.5, 0.6) is 5.75 Å². The minimum atomic E-state index is -1.61. The molecular weight excluding hydrogens is 802 g/mol. The van der Waals surface area contributed by atoms with E-state index >= 15 is 8.78 Å². The van der Waals surface area contributed by atoms with Crippen LogP contribution >= 0.6 is 11.6 Å². The third-order valence-corrected chi connectivity index (χ3v) is 13.3. The van der Waals surface area contributed by atoms with Crippen molar-refractivity contribution >= 4 is 22.1 Å². The molecule has 5 aromatic rings. The first-order valence-electron chi connectivity index (χ1n) is 20.5. The van der Waals surface area contributed by atoms with Gasteiger partial charge in [-0.05, 0) is 78.6 Å². The standard InChI is InChI=1S/C49H57ClF2O7Si/c1-7-54-40-26-23-36(42(51)43(40)52)27-37-28-38(24-25-39(37)50)49(53-6)46(57-32-35-21-15-10-16-22-35)45(56-31-34-19-13-9-14-20-34)44(55-30-33-17-11-8-12-18-33)41(58-49)29-47(2,3)48(4,5)59-60/h8-26,28,41,44-46H,7,27,29-32H2,1-6,60H3/t41-,44-,45+,46-,49+/m1/s1. The molecule has 1 saturated heterocycles. The number of rotatable bonds is 19. The molecule has 320 valence electrons. The second-order valence-corrected chi connectivity index (χ2v) is 17.2. The third kappa shape index (κ3) is 10.4. The van der Waals surface area contributed by atoms with E-state index in [9.17, 15) is 0 Å². The average Bonchev–Trinajstić information content (AvgIpc) is 3.26. The molecule has 60 heavy (non-hydrogen) atoms. The van der Waals surface area contributed by atoms with Crippen LogP contribution in [-0.2, 0) is 60.1 Å². The molecule has 0 aliphatic carbocycles. The summed E-state index contributed by atoms with van der Waals surface area (Å²) in [4.78, 5) is 0. The molecule has 0 radical (unpaired) electrons. The molecule has 0 bridgehead atoms. The molecule has 5 atom stereocenters. The molecule has 7 nitrogen and oxygen atoms in total. The topological polar surface area (TPSA) is 64.6 Å². The summed E-state index contributed by atoms with van der Waals surface area (Å²) in [6.07, 6.45) is -2.51. The van der Waals surface area contributed by atoms with Crippen molar-refractivity contribution in [3.63, 3.8) is 0 Å². The fraction of sp³-hybridized carbons (Fsp3) is 0.388. The Balaban J connectivity index is 1.51. The van der Waals surface area contributed by atoms with Crippen molar-refractivity contribution in [3.05, 3.63) is 171 Å². The Morgan fingerprint density at radius 1 is 0.700 bits per heavy atom. The molecule has 0 aromatic heterocycles. The van der Waals surface area contributed by atoms with Crippen LogP contribution in [-0.4, -0.2) is 54.2 Å². The van der Waals surface area contributed by atoms with Crippen molar-refractivity contribution in [3.8, 4) is 5.75 Å². The molecule has 6 rings (SSSR count). The lowest BCUT2D eigenvalue weighted by Gasteiger charge is -2.54. The van der Waals surface area contributed by atoms with Crippen LogP contribution in [0, 0.1) is 17.0 Å². The smallest absolute Gasteiger partial charge is 0.224 e. The van der Waals surface area contributed by atoms with Gasteiger partial charge in [0.15, 0.2) is 11.6 Å². The third-order valence-electron chi connectivity index (χ3n) is 11.9. The SMILES string of the molecule is CCOc1ccc(Cc2cc([C@]3(OC)O[C@H](CC(C)(C)C(C)(C)O[SiH3])[C@@H](OCc4ccccc4)[C@H](OCc4ccccc4)[C@H]3OCc3ccccc3)ccc2Cl)c(F)c1F. The van der Waals surface area contributed by atoms with E-state index < -0.39 is 52.9 Å². The summed E-state index contributed by atoms with van der Waals surface area (Å²) in [6.45, 7) is 11.2. The maximum Gasteiger partial charge on any atom is 0.224 e. The Kier molecular flexibility index (Phi) is 15.4. The van der Waals surface area contributed by atoms with Gasteiger partial charge in [0.05, 0.1) is 38.1 Å². The van der Waals surface area contributed by atoms with Gasteiger partial charge in [-0.1, -0.05) is 129 Å². The van der Waals surface area contributed by atoms with Crippen molar-refractivity contribution in [1.29, 1.82) is 0 Å². The van der Waals surface area contributed by atoms with Crippen LogP contribution < -0.4 is 4.74 Å². The van der Waals surface area contributed by atoms with E-state index in [4.69, 9.17) is 44.4 Å². The Morgan fingerprint density at radius 3 is 1.78 bits per heavy atom. The molecule has 5 aromatic carbocycles. The van der Waals surface area contributed by atoms with Crippen molar-refractivity contribution in [2.24, 2.45) is 5.41 Å². The minimum Gasteiger partial charge on any atom is -0.491 e. The highest BCUT2D eigenvalue weighted by Gasteiger charge is 2.59. The molecule has 0 spiro atoms. The number of ether oxygens (including phenoxy) is 6. The zero-order valence-electron chi connectivity index (χ0n) is 35.6. The molecule has 0 N–H and O–H groups in total. The normalized spacial score (nSPS) is 20.9. The number of halogens is 3. The van der Waals surface area contributed by atoms with Gasteiger partial charge in [-0.3, -0.25) is 0 Å². The van der Waals surface area contributed by atoms with Crippen molar-refractivity contribution in [1.82, 2.24) is 0 Å². The first-order valence-corrected chi connectivity index (χ1v) is 21.6. The summed E-state index contributed by atoms with van der Waals surface area (Å²) >= 11 is 6.87. The zero-order valence-corrected chi connectivity index (χ0v) is 38.3. The van der Waals surface area contributed by atoms with Gasteiger partial charge >= 0.3 is 0 Å². The van der Waals surface area contributed by atoms with Gasteiger partial charge in [0, 0.05) is 24.1 Å². The predicted octanol–water partition coefficient (Wildman–Crippen LogP) is 10.1. The second-order valence-electron chi connectivity index (χ2n) is 16.3. The van der Waals surface area contributed by atoms with E-state index in [-0.39, 0.29) is 44.2 Å². The summed E-state index contributed by atoms with van der Waals surface area (Å²) in [6, 6.07) is 38.1. The molecular formula is C49H57ClF2O7Si. The minimum absolute atomic E-state index is 0.0176. The Morgan fingerprint density at radius 2 is 1.25 bits per heavy atom. The van der Waals surface area contributed by atoms with E-state index in [1.165, 1.54) is 12.1 Å². The van der Waals surface area contributed by atoms with Crippen molar-refractivity contribution in [2.75, 3.05) is 13.7 Å². The summed E-state index contributed by atoms with van der Waals surface area (Å²) in [5, 5.41) is 0.362. The summed E-state index contributed by atoms with van der Waals surface area (Å²) in [5.74, 6) is -3.81. The van der Waals surface area contributed by atoms with Crippen molar-refractivity contribution in [2.45, 2.75) is 103 Å². The maximum absolute atomic E-state index is 15.6. The van der Waals surface area contributed by atoms with Gasteiger partial charge < -0.3 is 32.8 Å². The van der Waals surface area contributed by atoms with E-state index in [1.807, 2.05) is 103 Å². The summed E-state index contributed by atoms with van der Waals surface area (Å²) < 4.78 is 77.3. The van der Waals surface area contributed by atoms with Gasteiger partial charge in [0.25, 0.3) is 0 Å². The lowest BCUT2D eigenvalue weighted by atomic mass is 9.71. The Hall–Kier alpha value is -3.97. The molecule has 0 amide bonds. The van der Waals surface area contributed by atoms with Gasteiger partial charge in [-0.15, -0.1) is 0 Å². The molecule has 1 fully saturated rings. The van der Waals surface area contributed by atoms with E-state index in [0.717, 1.165) is 16.7 Å². The zero-order chi connectivity index (χ0) is 42.9. The molecule has 0 unspecified atom stereocenters. The molecule has 1 aliphatic heterocycles. The van der Waals surface area contributed by atoms with Crippen LogP contribution in [0.15, 0.2) is 121 Å². The van der Waals surface area contributed by atoms with E-state index in [0.29, 0.717) is 33.1 Å². The monoisotopic (exact) mass is 858 g/mol. The van der Waals surface area contributed by atoms with Gasteiger partial charge in [0.1, 0.15) is 28.8 Å². The lowest BCUT2D eigenvalue weighted by molar-refractivity contribution is -0.385. The van der Waals surface area contributed by atoms with Crippen LogP contribution in [0.4, 0.5) is 8.78 Å². The van der Waals surface area contributed by atoms with Crippen LogP contribution in [0.1, 0.15) is 74.4 Å². The fourth-order valence-electron chi connectivity index (χ4n) is 7.65. The Labute approximate surface area is 361 Å². The molecule has 0 saturated carbocycles. The quantitative estimate of drug-likeness (QED) is 0.0767. The number of hydrogen-bond donors (Lipinski definition) is 0. The first-order chi connectivity index (χ1) is 28.8. The predicted molar refractivity (Wildman–Crippen MR) is 234 cm³/mol. The number of hydrogen-bond acceptors (Lipinski definition) is 7. The molecule has 1 heterocycles. The lowest BCUT2D eigenvalue weighted by Crippen LogP contribution is -2.66. The van der Waals surface area contributed by atoms with Gasteiger partial charge in [-0.2, -0.15) is 4.39 Å². The van der Waals surface area contributed by atoms with Gasteiger partial charge in [-0.25, -0.2) is 4.39 Å². The van der Waals surface area contributed by atoms with Crippen LogP contribution in [0.3, 0.4) is 0 Å². The maximum atomic E-state index is 15.6. The van der Waals surface area contributed by atoms with Crippen molar-refractivity contribution < 1.29 is 41.6 Å². The van der Waals surface area contributed by atoms with E-state index in [1.54, 1.807) is 20.1 Å². The van der Waals surface area contributed by atoms with Gasteiger partial charge in [0.2, 0.25) is 11.6 Å². The fourth-order valence-corrected chi connectivity index (χ4v) is 8.38. The summed E-state index contributed by atoms with van der Waals surface area (Å²) in [7, 11) is 2.12. The number of methoxy groups -OCH3 is 1. The highest BCUT2D eigenvalue weighted by Crippen LogP contribution is 2.49. The Bertz CT molecular complexity index is 2130. The average molecular weight is 860 g/mol. The summed E-state index contributed by atoms with van der Waals surface area (Å²) in [5.41, 5.74) is 3.15. The highest BCUT2D eigenvalue weighted by molar-refractivity contribution is 6.31. The number of benzene rings is 5. The molecule has 11 heteroatoms. The van der Waals surface area contributed by atoms with Crippen LogP contribution in [0.2, 0.25) is 5.02 Å². The second kappa shape index (κ2) is 20.3. The largest absolute Gasteiger partial charge is 0.491 e. The van der Waals surface area contributed by atoms with Crippen LogP contribution in [0.25, 0.3) is 0 Å². The van der Waals surface area contributed by atoms with E-state index in [2.05, 4.69) is 27.7 Å². The first kappa shape index (κ1) is 45.6.